The van der Waals surface area contributed by atoms with Crippen molar-refractivity contribution in [3.8, 4) is 28.8 Å². The third-order valence-electron chi connectivity index (χ3n) is 7.23. The van der Waals surface area contributed by atoms with Crippen molar-refractivity contribution in [3.05, 3.63) is 41.0 Å². The Hall–Kier alpha value is -3.65. The van der Waals surface area contributed by atoms with Crippen LogP contribution in [0.4, 0.5) is 11.8 Å². The molecule has 2 saturated heterocycles. The molecule has 0 bridgehead atoms. The van der Waals surface area contributed by atoms with Crippen LogP contribution >= 0.6 is 23.2 Å². The third kappa shape index (κ3) is 5.12. The number of aromatic nitrogens is 3. The van der Waals surface area contributed by atoms with Gasteiger partial charge in [-0.05, 0) is 19.1 Å². The molecular weight excluding hydrogens is 555 g/mol. The molecule has 0 aliphatic carbocycles. The summed E-state index contributed by atoms with van der Waals surface area (Å²) in [4.78, 5) is 28.2. The zero-order valence-electron chi connectivity index (χ0n) is 22.3. The van der Waals surface area contributed by atoms with Crippen molar-refractivity contribution in [1.82, 2.24) is 15.0 Å². The Bertz CT molecular complexity index is 1510. The van der Waals surface area contributed by atoms with E-state index in [1.165, 1.54) is 20.3 Å². The number of nitrogens with one attached hydrogen (secondary N) is 1. The number of carbonyl (C=O) groups excluding carboxylic acids is 1. The minimum absolute atomic E-state index is 0.0242. The molecule has 2 atom stereocenters. The Kier molecular flexibility index (Phi) is 7.73. The topological polar surface area (TPSA) is 122 Å². The molecular formula is C28H28Cl2N6O4. The first-order chi connectivity index (χ1) is 19.2. The number of ether oxygens (including phenoxy) is 3. The lowest BCUT2D eigenvalue weighted by Gasteiger charge is -2.44. The molecule has 2 fully saturated rings. The monoisotopic (exact) mass is 582 g/mol. The predicted octanol–water partition coefficient (Wildman–Crippen LogP) is 4.94. The molecule has 0 spiro atoms. The summed E-state index contributed by atoms with van der Waals surface area (Å²) < 4.78 is 16.5. The number of carbonyl (C=O) groups is 1. The summed E-state index contributed by atoms with van der Waals surface area (Å²) in [5.74, 6) is 1.68. The zero-order chi connectivity index (χ0) is 28.6. The van der Waals surface area contributed by atoms with Crippen LogP contribution in [0.1, 0.15) is 13.3 Å². The fourth-order valence-electron chi connectivity index (χ4n) is 5.03. The van der Waals surface area contributed by atoms with Crippen LogP contribution in [0, 0.1) is 22.7 Å². The molecule has 4 heterocycles. The molecule has 1 aromatic carbocycles. The lowest BCUT2D eigenvalue weighted by molar-refractivity contribution is -0.115. The lowest BCUT2D eigenvalue weighted by Crippen LogP contribution is -2.54. The number of rotatable bonds is 9. The van der Waals surface area contributed by atoms with Crippen LogP contribution in [0.5, 0.6) is 11.5 Å². The van der Waals surface area contributed by atoms with Gasteiger partial charge in [0.2, 0.25) is 5.95 Å². The maximum atomic E-state index is 12.0. The highest BCUT2D eigenvalue weighted by molar-refractivity contribution is 6.41. The number of nitrogens with zero attached hydrogens (tertiary/aromatic N) is 5. The summed E-state index contributed by atoms with van der Waals surface area (Å²) in [6.07, 6.45) is 3.36. The molecule has 2 aliphatic rings. The lowest BCUT2D eigenvalue weighted by atomic mass is 9.83. The number of hydrogen-bond donors (Lipinski definition) is 1. The second-order valence-electron chi connectivity index (χ2n) is 10.2. The molecule has 0 radical (unpaired) electrons. The molecule has 0 amide bonds. The summed E-state index contributed by atoms with van der Waals surface area (Å²) in [7, 11) is 3.02. The standard InChI is InChI=1S/C28H28Cl2N6O4/c1-5-17(37)6-16-10-40-11-19(16)34-27-32-9-15-7-18(22-23(29)20(38-3)8-21(39-4)24(22)30)33-26(25(15)35-27)36-13-28(2,12-31)14-36/h5,7-9,16,19H,1,6,10-11,13-14H2,2-4H3,(H,32,34,35)/t16-,19+/m0/s1. The Morgan fingerprint density at radius 1 is 1.25 bits per heavy atom. The van der Waals surface area contributed by atoms with Gasteiger partial charge < -0.3 is 24.4 Å². The number of halogens is 2. The molecule has 2 aromatic heterocycles. The van der Waals surface area contributed by atoms with Crippen LogP contribution in [0.25, 0.3) is 22.2 Å². The second kappa shape index (κ2) is 11.1. The minimum atomic E-state index is -0.501. The van der Waals surface area contributed by atoms with Crippen LogP contribution in [0.15, 0.2) is 31.0 Å². The number of anilines is 2. The van der Waals surface area contributed by atoms with E-state index in [4.69, 9.17) is 47.4 Å². The largest absolute Gasteiger partial charge is 0.495 e. The summed E-state index contributed by atoms with van der Waals surface area (Å²) in [6, 6.07) is 5.66. The average molecular weight is 583 g/mol. The van der Waals surface area contributed by atoms with E-state index in [1.807, 2.05) is 17.9 Å². The Labute approximate surface area is 241 Å². The van der Waals surface area contributed by atoms with Gasteiger partial charge in [-0.25, -0.2) is 15.0 Å². The SMILES string of the molecule is C=CC(=O)C[C@H]1COC[C@H]1Nc1ncc2cc(-c3c(Cl)c(OC)cc(OC)c3Cl)nc(N3CC(C)(C#N)C3)c2n1. The van der Waals surface area contributed by atoms with E-state index in [-0.39, 0.29) is 27.8 Å². The predicted molar refractivity (Wildman–Crippen MR) is 153 cm³/mol. The molecule has 1 N–H and O–H groups in total. The first-order valence-electron chi connectivity index (χ1n) is 12.6. The molecule has 2 aliphatic heterocycles. The number of methoxy groups -OCH3 is 2. The number of ketones is 1. The van der Waals surface area contributed by atoms with Gasteiger partial charge in [-0.15, -0.1) is 0 Å². The van der Waals surface area contributed by atoms with Crippen molar-refractivity contribution < 1.29 is 19.0 Å². The van der Waals surface area contributed by atoms with Crippen LogP contribution in [-0.4, -0.2) is 67.3 Å². The highest BCUT2D eigenvalue weighted by atomic mass is 35.5. The van der Waals surface area contributed by atoms with Crippen LogP contribution in [-0.2, 0) is 9.53 Å². The van der Waals surface area contributed by atoms with Crippen molar-refractivity contribution in [2.75, 3.05) is 50.7 Å². The number of allylic oxidation sites excluding steroid dienone is 1. The van der Waals surface area contributed by atoms with Gasteiger partial charge in [-0.2, -0.15) is 5.26 Å². The zero-order valence-corrected chi connectivity index (χ0v) is 23.8. The summed E-state index contributed by atoms with van der Waals surface area (Å²) in [5, 5.41) is 14.2. The number of fused-ring (bicyclic) bond motifs is 1. The third-order valence-corrected chi connectivity index (χ3v) is 7.98. The molecule has 208 valence electrons. The maximum absolute atomic E-state index is 12.0. The van der Waals surface area contributed by atoms with E-state index in [9.17, 15) is 10.1 Å². The average Bonchev–Trinajstić information content (AvgIpc) is 3.37. The fourth-order valence-corrected chi connectivity index (χ4v) is 5.73. The van der Waals surface area contributed by atoms with Crippen molar-refractivity contribution in [3.63, 3.8) is 0 Å². The van der Waals surface area contributed by atoms with Crippen molar-refractivity contribution >= 4 is 51.7 Å². The van der Waals surface area contributed by atoms with Gasteiger partial charge in [-0.1, -0.05) is 29.8 Å². The summed E-state index contributed by atoms with van der Waals surface area (Å²) >= 11 is 13.4. The molecule has 10 nitrogen and oxygen atoms in total. The van der Waals surface area contributed by atoms with E-state index >= 15 is 0 Å². The molecule has 12 heteroatoms. The van der Waals surface area contributed by atoms with E-state index in [2.05, 4.69) is 22.9 Å². The Morgan fingerprint density at radius 2 is 1.95 bits per heavy atom. The van der Waals surface area contributed by atoms with Gasteiger partial charge in [-0.3, -0.25) is 4.79 Å². The van der Waals surface area contributed by atoms with Crippen molar-refractivity contribution in [1.29, 1.82) is 5.26 Å². The normalized spacial score (nSPS) is 19.6. The smallest absolute Gasteiger partial charge is 0.223 e. The first-order valence-corrected chi connectivity index (χ1v) is 13.4. The van der Waals surface area contributed by atoms with Crippen LogP contribution in [0.2, 0.25) is 10.0 Å². The Balaban J connectivity index is 1.59. The molecule has 5 rings (SSSR count). The van der Waals surface area contributed by atoms with Crippen molar-refractivity contribution in [2.45, 2.75) is 19.4 Å². The number of pyridine rings is 1. The van der Waals surface area contributed by atoms with Gasteiger partial charge >= 0.3 is 0 Å². The highest BCUT2D eigenvalue weighted by Gasteiger charge is 2.41. The Morgan fingerprint density at radius 3 is 2.58 bits per heavy atom. The number of nitriles is 1. The fraction of sp³-hybridized carbons (Fsp3) is 0.393. The van der Waals surface area contributed by atoms with Gasteiger partial charge in [0.1, 0.15) is 17.0 Å². The van der Waals surface area contributed by atoms with Gasteiger partial charge in [0.25, 0.3) is 0 Å². The molecule has 40 heavy (non-hydrogen) atoms. The van der Waals surface area contributed by atoms with E-state index in [0.717, 1.165) is 0 Å². The van der Waals surface area contributed by atoms with Gasteiger partial charge in [0, 0.05) is 48.6 Å². The first kappa shape index (κ1) is 27.9. The highest BCUT2D eigenvalue weighted by Crippen LogP contribution is 2.47. The molecule has 3 aromatic rings. The minimum Gasteiger partial charge on any atom is -0.495 e. The van der Waals surface area contributed by atoms with Crippen molar-refractivity contribution in [2.24, 2.45) is 11.3 Å². The maximum Gasteiger partial charge on any atom is 0.223 e. The van der Waals surface area contributed by atoms with Gasteiger partial charge in [0.15, 0.2) is 11.6 Å². The quantitative estimate of drug-likeness (QED) is 0.347. The van der Waals surface area contributed by atoms with Gasteiger partial charge in [0.05, 0.1) is 60.7 Å². The van der Waals surface area contributed by atoms with Crippen LogP contribution in [0.3, 0.4) is 0 Å². The molecule has 0 saturated carbocycles. The summed E-state index contributed by atoms with van der Waals surface area (Å²) in [5.41, 5.74) is 1.03. The summed E-state index contributed by atoms with van der Waals surface area (Å²) in [6.45, 7) is 7.32. The van der Waals surface area contributed by atoms with E-state index in [1.54, 1.807) is 12.3 Å². The van der Waals surface area contributed by atoms with E-state index in [0.29, 0.717) is 78.1 Å². The van der Waals surface area contributed by atoms with Crippen LogP contribution < -0.4 is 19.7 Å². The van der Waals surface area contributed by atoms with E-state index < -0.39 is 5.41 Å². The second-order valence-corrected chi connectivity index (χ2v) is 11.0. The number of benzene rings is 1. The number of hydrogen-bond acceptors (Lipinski definition) is 10. The molecule has 0 unspecified atom stereocenters.